The van der Waals surface area contributed by atoms with Crippen LogP contribution >= 0.6 is 15.9 Å². The van der Waals surface area contributed by atoms with Crippen LogP contribution in [0, 0.1) is 0 Å². The van der Waals surface area contributed by atoms with Gasteiger partial charge in [-0.05, 0) is 22.0 Å². The van der Waals surface area contributed by atoms with Gasteiger partial charge in [-0.25, -0.2) is 0 Å². The monoisotopic (exact) mass is 294 g/mol. The number of hydrogen-bond donors (Lipinski definition) is 2. The van der Waals surface area contributed by atoms with Gasteiger partial charge in [-0.15, -0.1) is 0 Å². The predicted octanol–water partition coefficient (Wildman–Crippen LogP) is 1.51. The number of nitrogens with zero attached hydrogens (tertiary/aromatic N) is 1. The SMILES string of the molecule is O=C1NCC(O)Cn2c1c(Br)c1ccccc12. The van der Waals surface area contributed by atoms with Crippen LogP contribution in [0.5, 0.6) is 0 Å². The summed E-state index contributed by atoms with van der Waals surface area (Å²) in [6.07, 6.45) is -0.553. The number of carbonyl (C=O) groups is 1. The van der Waals surface area contributed by atoms with Crippen molar-refractivity contribution in [3.63, 3.8) is 0 Å². The van der Waals surface area contributed by atoms with E-state index < -0.39 is 6.10 Å². The molecule has 0 saturated heterocycles. The number of aliphatic hydroxyl groups is 1. The summed E-state index contributed by atoms with van der Waals surface area (Å²) in [4.78, 5) is 12.0. The van der Waals surface area contributed by atoms with Gasteiger partial charge in [0.1, 0.15) is 5.69 Å². The molecule has 88 valence electrons. The standard InChI is InChI=1S/C12H11BrN2O2/c13-10-8-3-1-2-4-9(8)15-6-7(16)5-14-12(17)11(10)15/h1-4,7,16H,5-6H2,(H,14,17). The van der Waals surface area contributed by atoms with Crippen LogP contribution in [0.2, 0.25) is 0 Å². The smallest absolute Gasteiger partial charge is 0.269 e. The average Bonchev–Trinajstić information content (AvgIpc) is 2.50. The predicted molar refractivity (Wildman–Crippen MR) is 68.0 cm³/mol. The first-order valence-corrected chi connectivity index (χ1v) is 6.21. The summed E-state index contributed by atoms with van der Waals surface area (Å²) < 4.78 is 2.66. The number of fused-ring (bicyclic) bond motifs is 3. The zero-order valence-corrected chi connectivity index (χ0v) is 10.6. The van der Waals surface area contributed by atoms with E-state index in [1.807, 2.05) is 28.8 Å². The maximum Gasteiger partial charge on any atom is 0.269 e. The van der Waals surface area contributed by atoms with Crippen molar-refractivity contribution in [3.8, 4) is 0 Å². The molecule has 0 bridgehead atoms. The molecule has 1 amide bonds. The van der Waals surface area contributed by atoms with Gasteiger partial charge in [-0.3, -0.25) is 4.79 Å². The number of para-hydroxylation sites is 1. The number of rotatable bonds is 0. The zero-order valence-electron chi connectivity index (χ0n) is 8.98. The molecule has 1 aliphatic rings. The lowest BCUT2D eigenvalue weighted by atomic mass is 10.2. The summed E-state index contributed by atoms with van der Waals surface area (Å²) in [6, 6.07) is 7.77. The van der Waals surface area contributed by atoms with E-state index in [1.54, 1.807) is 0 Å². The second-order valence-corrected chi connectivity index (χ2v) is 4.95. The first-order valence-electron chi connectivity index (χ1n) is 5.41. The van der Waals surface area contributed by atoms with E-state index in [1.165, 1.54) is 0 Å². The molecule has 1 aromatic carbocycles. The normalized spacial score (nSPS) is 19.9. The fourth-order valence-corrected chi connectivity index (χ4v) is 2.97. The van der Waals surface area contributed by atoms with Crippen molar-refractivity contribution in [1.29, 1.82) is 0 Å². The lowest BCUT2D eigenvalue weighted by Crippen LogP contribution is -2.29. The largest absolute Gasteiger partial charge is 0.389 e. The molecule has 5 heteroatoms. The van der Waals surface area contributed by atoms with Gasteiger partial charge in [0.25, 0.3) is 5.91 Å². The molecule has 1 unspecified atom stereocenters. The molecule has 2 N–H and O–H groups in total. The molecule has 1 aromatic heterocycles. The fraction of sp³-hybridized carbons (Fsp3) is 0.250. The first kappa shape index (κ1) is 10.8. The molecule has 2 heterocycles. The minimum Gasteiger partial charge on any atom is -0.389 e. The quantitative estimate of drug-likeness (QED) is 0.774. The van der Waals surface area contributed by atoms with Crippen LogP contribution in [0.1, 0.15) is 10.5 Å². The van der Waals surface area contributed by atoms with Gasteiger partial charge < -0.3 is 15.0 Å². The number of aliphatic hydroxyl groups excluding tert-OH is 1. The van der Waals surface area contributed by atoms with Crippen LogP contribution in [0.3, 0.4) is 0 Å². The number of β-amino-alcohol motifs (C(OH)–C–C–N with tert-alkyl or cyclic N) is 1. The number of hydrogen-bond acceptors (Lipinski definition) is 2. The van der Waals surface area contributed by atoms with E-state index in [0.29, 0.717) is 18.8 Å². The van der Waals surface area contributed by atoms with Crippen LogP contribution in [-0.2, 0) is 6.54 Å². The molecule has 0 spiro atoms. The number of aromatic nitrogens is 1. The molecule has 4 nitrogen and oxygen atoms in total. The maximum atomic E-state index is 12.0. The molecular formula is C12H11BrN2O2. The summed E-state index contributed by atoms with van der Waals surface area (Å²) >= 11 is 3.47. The van der Waals surface area contributed by atoms with Crippen molar-refractivity contribution in [2.24, 2.45) is 0 Å². The Balaban J connectivity index is 2.35. The van der Waals surface area contributed by atoms with E-state index >= 15 is 0 Å². The Hall–Kier alpha value is -1.33. The van der Waals surface area contributed by atoms with E-state index in [9.17, 15) is 9.90 Å². The summed E-state index contributed by atoms with van der Waals surface area (Å²) in [5.41, 5.74) is 1.55. The van der Waals surface area contributed by atoms with Gasteiger partial charge in [-0.2, -0.15) is 0 Å². The van der Waals surface area contributed by atoms with Crippen molar-refractivity contribution in [2.45, 2.75) is 12.6 Å². The van der Waals surface area contributed by atoms with Gasteiger partial charge in [0.05, 0.1) is 17.1 Å². The molecule has 0 saturated carbocycles. The Morgan fingerprint density at radius 3 is 3.00 bits per heavy atom. The average molecular weight is 295 g/mol. The molecule has 3 rings (SSSR count). The topological polar surface area (TPSA) is 54.3 Å². The van der Waals surface area contributed by atoms with Gasteiger partial charge in [0.2, 0.25) is 0 Å². The Morgan fingerprint density at radius 2 is 2.18 bits per heavy atom. The summed E-state index contributed by atoms with van der Waals surface area (Å²) in [5.74, 6) is -0.148. The lowest BCUT2D eigenvalue weighted by molar-refractivity contribution is 0.0930. The van der Waals surface area contributed by atoms with Crippen molar-refractivity contribution in [1.82, 2.24) is 9.88 Å². The van der Waals surface area contributed by atoms with E-state index in [0.717, 1.165) is 15.4 Å². The second-order valence-electron chi connectivity index (χ2n) is 4.15. The molecule has 2 aromatic rings. The van der Waals surface area contributed by atoms with Crippen LogP contribution < -0.4 is 5.32 Å². The Labute approximate surface area is 106 Å². The highest BCUT2D eigenvalue weighted by Crippen LogP contribution is 2.31. The van der Waals surface area contributed by atoms with Crippen molar-refractivity contribution in [3.05, 3.63) is 34.4 Å². The summed E-state index contributed by atoms with van der Waals surface area (Å²) in [7, 11) is 0. The van der Waals surface area contributed by atoms with Gasteiger partial charge in [0.15, 0.2) is 0 Å². The van der Waals surface area contributed by atoms with Crippen LogP contribution in [-0.4, -0.2) is 28.2 Å². The van der Waals surface area contributed by atoms with Crippen LogP contribution in [0.4, 0.5) is 0 Å². The van der Waals surface area contributed by atoms with Crippen molar-refractivity contribution >= 4 is 32.7 Å². The molecular weight excluding hydrogens is 284 g/mol. The first-order chi connectivity index (χ1) is 8.18. The van der Waals surface area contributed by atoms with Gasteiger partial charge >= 0.3 is 0 Å². The van der Waals surface area contributed by atoms with Crippen LogP contribution in [0.25, 0.3) is 10.9 Å². The maximum absolute atomic E-state index is 12.0. The summed E-state index contributed by atoms with van der Waals surface area (Å²) in [5, 5.41) is 13.5. The number of benzene rings is 1. The molecule has 1 atom stereocenters. The summed E-state index contributed by atoms with van der Waals surface area (Å²) in [6.45, 7) is 0.724. The Kier molecular flexibility index (Phi) is 2.45. The highest BCUT2D eigenvalue weighted by molar-refractivity contribution is 9.10. The van der Waals surface area contributed by atoms with E-state index in [2.05, 4.69) is 21.2 Å². The molecule has 0 aliphatic carbocycles. The number of halogens is 1. The minimum atomic E-state index is -0.553. The molecule has 1 aliphatic heterocycles. The molecule has 0 fully saturated rings. The Morgan fingerprint density at radius 1 is 1.41 bits per heavy atom. The lowest BCUT2D eigenvalue weighted by Gasteiger charge is -2.08. The molecule has 17 heavy (non-hydrogen) atoms. The van der Waals surface area contributed by atoms with Crippen molar-refractivity contribution < 1.29 is 9.90 Å². The highest BCUT2D eigenvalue weighted by Gasteiger charge is 2.25. The third-order valence-corrected chi connectivity index (χ3v) is 3.82. The van der Waals surface area contributed by atoms with Crippen molar-refractivity contribution in [2.75, 3.05) is 6.54 Å². The van der Waals surface area contributed by atoms with E-state index in [-0.39, 0.29) is 5.91 Å². The fourth-order valence-electron chi connectivity index (χ4n) is 2.24. The van der Waals surface area contributed by atoms with Gasteiger partial charge in [0, 0.05) is 17.4 Å². The molecule has 0 radical (unpaired) electrons. The number of amides is 1. The Bertz CT molecular complexity index is 606. The van der Waals surface area contributed by atoms with Crippen LogP contribution in [0.15, 0.2) is 28.7 Å². The third kappa shape index (κ3) is 1.57. The minimum absolute atomic E-state index is 0.148. The number of nitrogens with one attached hydrogen (secondary N) is 1. The highest BCUT2D eigenvalue weighted by atomic mass is 79.9. The number of carbonyl (C=O) groups excluding carboxylic acids is 1. The second kappa shape index (κ2) is 3.85. The van der Waals surface area contributed by atoms with Gasteiger partial charge in [-0.1, -0.05) is 18.2 Å². The third-order valence-electron chi connectivity index (χ3n) is 3.02. The van der Waals surface area contributed by atoms with E-state index in [4.69, 9.17) is 0 Å². The zero-order chi connectivity index (χ0) is 12.0.